The summed E-state index contributed by atoms with van der Waals surface area (Å²) >= 11 is 7.39. The van der Waals surface area contributed by atoms with Crippen LogP contribution in [0.15, 0.2) is 33.5 Å². The number of nitrogens with two attached hydrogens (primary N) is 1. The molecule has 0 aliphatic heterocycles. The lowest BCUT2D eigenvalue weighted by Crippen LogP contribution is -2.15. The van der Waals surface area contributed by atoms with E-state index in [9.17, 15) is 0 Å². The highest BCUT2D eigenvalue weighted by molar-refractivity contribution is 7.99. The molecule has 2 aromatic heterocycles. The number of hydrogen-bond donors (Lipinski definition) is 2. The first-order valence-corrected chi connectivity index (χ1v) is 6.54. The zero-order valence-electron chi connectivity index (χ0n) is 10.3. The third kappa shape index (κ3) is 2.66. The summed E-state index contributed by atoms with van der Waals surface area (Å²) in [6.45, 7) is 1.79. The average molecular weight is 298 g/mol. The molecular weight excluding hydrogens is 286 g/mol. The predicted molar refractivity (Wildman–Crippen MR) is 73.8 cm³/mol. The molecule has 0 aliphatic rings. The summed E-state index contributed by atoms with van der Waals surface area (Å²) < 4.78 is 1.65. The summed E-state index contributed by atoms with van der Waals surface area (Å²) in [5.41, 5.74) is 6.93. The van der Waals surface area contributed by atoms with Gasteiger partial charge in [0.25, 0.3) is 0 Å². The largest absolute Gasteiger partial charge is 0.409 e. The molecule has 3 N–H and O–H groups in total. The Kier molecular flexibility index (Phi) is 3.96. The maximum atomic E-state index is 8.84. The maximum Gasteiger partial charge on any atom is 0.174 e. The first kappa shape index (κ1) is 13.7. The van der Waals surface area contributed by atoms with Crippen LogP contribution in [0.2, 0.25) is 5.02 Å². The Morgan fingerprint density at radius 1 is 1.58 bits per heavy atom. The van der Waals surface area contributed by atoms with Crippen molar-refractivity contribution in [2.24, 2.45) is 17.9 Å². The van der Waals surface area contributed by atoms with Gasteiger partial charge in [-0.1, -0.05) is 16.8 Å². The molecule has 0 unspecified atom stereocenters. The van der Waals surface area contributed by atoms with E-state index in [0.717, 1.165) is 0 Å². The highest BCUT2D eigenvalue weighted by Crippen LogP contribution is 2.34. The standard InChI is InChI=1S/C11H12ClN5OS/c1-6-8(9(13)16-18)11(17(2)15-6)19-10-7(12)4-3-5-14-10/h3-5,18H,1-2H3,(H2,13,16). The molecule has 0 radical (unpaired) electrons. The van der Waals surface area contributed by atoms with Crippen molar-refractivity contribution in [1.29, 1.82) is 0 Å². The van der Waals surface area contributed by atoms with Gasteiger partial charge in [-0.25, -0.2) is 4.98 Å². The number of hydrogen-bond acceptors (Lipinski definition) is 5. The van der Waals surface area contributed by atoms with Crippen LogP contribution < -0.4 is 5.73 Å². The molecule has 0 aliphatic carbocycles. The van der Waals surface area contributed by atoms with Crippen LogP contribution in [0.5, 0.6) is 0 Å². The van der Waals surface area contributed by atoms with Crippen molar-refractivity contribution in [3.05, 3.63) is 34.6 Å². The normalized spacial score (nSPS) is 11.8. The lowest BCUT2D eigenvalue weighted by Gasteiger charge is -2.05. The maximum absolute atomic E-state index is 8.84. The zero-order valence-corrected chi connectivity index (χ0v) is 11.9. The molecule has 0 saturated carbocycles. The van der Waals surface area contributed by atoms with Crippen LogP contribution in [-0.4, -0.2) is 25.8 Å². The molecule has 2 aromatic rings. The monoisotopic (exact) mass is 297 g/mol. The second-order valence-electron chi connectivity index (χ2n) is 3.77. The van der Waals surface area contributed by atoms with E-state index in [4.69, 9.17) is 22.5 Å². The second-order valence-corrected chi connectivity index (χ2v) is 5.15. The van der Waals surface area contributed by atoms with Crippen molar-refractivity contribution >= 4 is 29.2 Å². The number of oxime groups is 1. The Morgan fingerprint density at radius 3 is 2.95 bits per heavy atom. The van der Waals surface area contributed by atoms with Gasteiger partial charge < -0.3 is 10.9 Å². The minimum atomic E-state index is 0.0140. The molecule has 0 aromatic carbocycles. The van der Waals surface area contributed by atoms with E-state index < -0.39 is 0 Å². The molecule has 6 nitrogen and oxygen atoms in total. The lowest BCUT2D eigenvalue weighted by atomic mass is 10.2. The summed E-state index contributed by atoms with van der Waals surface area (Å²) in [6, 6.07) is 3.51. The van der Waals surface area contributed by atoms with Gasteiger partial charge in [-0.3, -0.25) is 4.68 Å². The van der Waals surface area contributed by atoms with E-state index in [2.05, 4.69) is 15.2 Å². The van der Waals surface area contributed by atoms with Gasteiger partial charge in [0.15, 0.2) is 5.84 Å². The van der Waals surface area contributed by atoms with Crippen molar-refractivity contribution in [3.8, 4) is 0 Å². The van der Waals surface area contributed by atoms with Crippen molar-refractivity contribution in [2.45, 2.75) is 17.0 Å². The van der Waals surface area contributed by atoms with E-state index in [0.29, 0.717) is 26.3 Å². The summed E-state index contributed by atoms with van der Waals surface area (Å²) in [7, 11) is 1.78. The van der Waals surface area contributed by atoms with Crippen LogP contribution in [0.1, 0.15) is 11.3 Å². The molecule has 2 heterocycles. The van der Waals surface area contributed by atoms with Crippen LogP contribution in [0.25, 0.3) is 0 Å². The van der Waals surface area contributed by atoms with Gasteiger partial charge in [0.2, 0.25) is 0 Å². The Labute approximate surface area is 119 Å². The Balaban J connectivity index is 2.49. The van der Waals surface area contributed by atoms with Gasteiger partial charge in [0.1, 0.15) is 10.1 Å². The molecule has 2 rings (SSSR count). The van der Waals surface area contributed by atoms with Gasteiger partial charge >= 0.3 is 0 Å². The van der Waals surface area contributed by atoms with Crippen LogP contribution in [0.4, 0.5) is 0 Å². The highest BCUT2D eigenvalue weighted by atomic mass is 35.5. The third-order valence-corrected chi connectivity index (χ3v) is 4.05. The topological polar surface area (TPSA) is 89.3 Å². The molecule has 0 fully saturated rings. The van der Waals surface area contributed by atoms with E-state index >= 15 is 0 Å². The molecular formula is C11H12ClN5OS. The molecule has 0 saturated heterocycles. The number of aryl methyl sites for hydroxylation is 2. The van der Waals surface area contributed by atoms with Gasteiger partial charge in [-0.2, -0.15) is 5.10 Å². The number of aromatic nitrogens is 3. The highest BCUT2D eigenvalue weighted by Gasteiger charge is 2.19. The van der Waals surface area contributed by atoms with E-state index in [1.807, 2.05) is 0 Å². The molecule has 8 heteroatoms. The minimum absolute atomic E-state index is 0.0140. The quantitative estimate of drug-likeness (QED) is 0.391. The van der Waals surface area contributed by atoms with Crippen LogP contribution >= 0.6 is 23.4 Å². The van der Waals surface area contributed by atoms with Gasteiger partial charge in [-0.15, -0.1) is 0 Å². The van der Waals surface area contributed by atoms with Crippen molar-refractivity contribution in [2.75, 3.05) is 0 Å². The van der Waals surface area contributed by atoms with Crippen molar-refractivity contribution < 1.29 is 5.21 Å². The fourth-order valence-electron chi connectivity index (χ4n) is 1.64. The number of nitrogens with zero attached hydrogens (tertiary/aromatic N) is 4. The lowest BCUT2D eigenvalue weighted by molar-refractivity contribution is 0.318. The number of amidine groups is 1. The summed E-state index contributed by atoms with van der Waals surface area (Å²) in [6.07, 6.45) is 1.65. The summed E-state index contributed by atoms with van der Waals surface area (Å²) in [5, 5.41) is 18.0. The number of halogens is 1. The minimum Gasteiger partial charge on any atom is -0.409 e. The van der Waals surface area contributed by atoms with Crippen LogP contribution in [-0.2, 0) is 7.05 Å². The Morgan fingerprint density at radius 2 is 2.32 bits per heavy atom. The average Bonchev–Trinajstić information content (AvgIpc) is 2.66. The fourth-order valence-corrected chi connectivity index (χ4v) is 2.86. The SMILES string of the molecule is Cc1nn(C)c(Sc2ncccc2Cl)c1C(N)=NO. The van der Waals surface area contributed by atoms with Gasteiger partial charge in [-0.05, 0) is 30.8 Å². The predicted octanol–water partition coefficient (Wildman–Crippen LogP) is 2.02. The molecule has 0 atom stereocenters. The van der Waals surface area contributed by atoms with Crippen LogP contribution in [0.3, 0.4) is 0 Å². The first-order chi connectivity index (χ1) is 9.04. The van der Waals surface area contributed by atoms with Gasteiger partial charge in [0, 0.05) is 13.2 Å². The van der Waals surface area contributed by atoms with Crippen molar-refractivity contribution in [1.82, 2.24) is 14.8 Å². The Bertz CT molecular complexity index is 640. The molecule has 0 amide bonds. The second kappa shape index (κ2) is 5.50. The smallest absolute Gasteiger partial charge is 0.174 e. The summed E-state index contributed by atoms with van der Waals surface area (Å²) in [4.78, 5) is 4.20. The van der Waals surface area contributed by atoms with Crippen molar-refractivity contribution in [3.63, 3.8) is 0 Å². The summed E-state index contributed by atoms with van der Waals surface area (Å²) in [5.74, 6) is 0.0140. The van der Waals surface area contributed by atoms with Gasteiger partial charge in [0.05, 0.1) is 16.3 Å². The van der Waals surface area contributed by atoms with E-state index in [-0.39, 0.29) is 5.84 Å². The number of pyridine rings is 1. The zero-order chi connectivity index (χ0) is 14.0. The third-order valence-electron chi connectivity index (χ3n) is 2.45. The number of rotatable bonds is 3. The molecule has 0 bridgehead atoms. The van der Waals surface area contributed by atoms with Crippen LogP contribution in [0, 0.1) is 6.92 Å². The fraction of sp³-hybridized carbons (Fsp3) is 0.182. The molecule has 100 valence electrons. The van der Waals surface area contributed by atoms with E-state index in [1.54, 1.807) is 37.0 Å². The first-order valence-electron chi connectivity index (χ1n) is 5.34. The van der Waals surface area contributed by atoms with E-state index in [1.165, 1.54) is 11.8 Å². The molecule has 19 heavy (non-hydrogen) atoms. The molecule has 0 spiro atoms. The Hall–Kier alpha value is -1.73.